The van der Waals surface area contributed by atoms with Gasteiger partial charge in [-0.05, 0) is 23.3 Å². The van der Waals surface area contributed by atoms with Crippen LogP contribution in [0.1, 0.15) is 12.0 Å². The molecule has 1 atom stereocenters. The number of aliphatic hydroxyl groups excluding tert-OH is 1. The summed E-state index contributed by atoms with van der Waals surface area (Å²) in [6.45, 7) is 2.25. The second-order valence-corrected chi connectivity index (χ2v) is 6.31. The lowest BCUT2D eigenvalue weighted by molar-refractivity contribution is -0.932. The van der Waals surface area contributed by atoms with E-state index in [4.69, 9.17) is 14.3 Å². The van der Waals surface area contributed by atoms with Gasteiger partial charge in [0.1, 0.15) is 12.3 Å². The topological polar surface area (TPSA) is 64.1 Å². The van der Waals surface area contributed by atoms with Crippen LogP contribution in [0.2, 0.25) is 0 Å². The van der Waals surface area contributed by atoms with Crippen LogP contribution in [0, 0.1) is 0 Å². The first-order chi connectivity index (χ1) is 12.3. The van der Waals surface area contributed by atoms with Gasteiger partial charge < -0.3 is 14.3 Å². The van der Waals surface area contributed by atoms with Crippen molar-refractivity contribution >= 4 is 11.0 Å². The standard InChI is InChI=1S/C20H19NO4/c22-10-4-9-21-12-17-18(24-13-21)8-7-15-16(11-19(23)25-20(15)17)14-5-2-1-3-6-14/h1-3,5-8,11,22H,4,9-10,12-13H2/p+1. The minimum absolute atomic E-state index is 0.166. The molecule has 2 heterocycles. The molecule has 0 aliphatic carbocycles. The number of hydrogen-bond donors (Lipinski definition) is 2. The van der Waals surface area contributed by atoms with Crippen LogP contribution in [0.25, 0.3) is 22.1 Å². The van der Waals surface area contributed by atoms with Crippen LogP contribution in [0.4, 0.5) is 0 Å². The van der Waals surface area contributed by atoms with Gasteiger partial charge >= 0.3 is 5.63 Å². The van der Waals surface area contributed by atoms with Gasteiger partial charge in [-0.2, -0.15) is 0 Å². The number of benzene rings is 2. The molecule has 4 rings (SSSR count). The number of aliphatic hydroxyl groups is 1. The molecular weight excluding hydrogens is 318 g/mol. The molecule has 0 radical (unpaired) electrons. The van der Waals surface area contributed by atoms with E-state index in [0.29, 0.717) is 18.9 Å². The third-order valence-corrected chi connectivity index (χ3v) is 4.60. The minimum Gasteiger partial charge on any atom is -0.445 e. The molecule has 1 aromatic heterocycles. The zero-order valence-electron chi connectivity index (χ0n) is 13.8. The van der Waals surface area contributed by atoms with Crippen LogP contribution < -0.4 is 15.3 Å². The van der Waals surface area contributed by atoms with Crippen molar-refractivity contribution in [2.75, 3.05) is 19.9 Å². The summed E-state index contributed by atoms with van der Waals surface area (Å²) in [5, 5.41) is 9.96. The number of rotatable bonds is 4. The number of quaternary nitrogens is 1. The Morgan fingerprint density at radius 3 is 2.76 bits per heavy atom. The molecule has 0 saturated carbocycles. The van der Waals surface area contributed by atoms with Crippen molar-refractivity contribution in [1.29, 1.82) is 0 Å². The van der Waals surface area contributed by atoms with Gasteiger partial charge in [-0.3, -0.25) is 4.90 Å². The summed E-state index contributed by atoms with van der Waals surface area (Å²) in [4.78, 5) is 13.4. The smallest absolute Gasteiger partial charge is 0.336 e. The highest BCUT2D eigenvalue weighted by Gasteiger charge is 2.24. The van der Waals surface area contributed by atoms with Crippen LogP contribution in [0.5, 0.6) is 5.75 Å². The number of nitrogens with one attached hydrogen (secondary N) is 1. The molecule has 0 bridgehead atoms. The first kappa shape index (κ1) is 15.9. The highest BCUT2D eigenvalue weighted by molar-refractivity contribution is 5.95. The fourth-order valence-corrected chi connectivity index (χ4v) is 3.39. The monoisotopic (exact) mass is 338 g/mol. The van der Waals surface area contributed by atoms with E-state index < -0.39 is 0 Å². The van der Waals surface area contributed by atoms with Crippen LogP contribution in [0.15, 0.2) is 57.7 Å². The van der Waals surface area contributed by atoms with E-state index in [1.165, 1.54) is 4.90 Å². The van der Waals surface area contributed by atoms with Crippen LogP contribution >= 0.6 is 0 Å². The van der Waals surface area contributed by atoms with Crippen LogP contribution in [-0.2, 0) is 6.54 Å². The Bertz CT molecular complexity index is 949. The second kappa shape index (κ2) is 6.70. The lowest BCUT2D eigenvalue weighted by Gasteiger charge is -2.26. The predicted octanol–water partition coefficient (Wildman–Crippen LogP) is 1.58. The first-order valence-electron chi connectivity index (χ1n) is 8.48. The molecule has 2 aromatic carbocycles. The molecule has 1 aliphatic rings. The van der Waals surface area contributed by atoms with Crippen molar-refractivity contribution in [3.8, 4) is 16.9 Å². The van der Waals surface area contributed by atoms with E-state index in [9.17, 15) is 4.79 Å². The molecule has 5 nitrogen and oxygen atoms in total. The van der Waals surface area contributed by atoms with Gasteiger partial charge in [0.15, 0.2) is 5.58 Å². The molecule has 3 aromatic rings. The number of fused-ring (bicyclic) bond motifs is 3. The molecule has 0 amide bonds. The van der Waals surface area contributed by atoms with Gasteiger partial charge in [0, 0.05) is 24.5 Å². The van der Waals surface area contributed by atoms with Gasteiger partial charge in [0.05, 0.1) is 12.1 Å². The Kier molecular flexibility index (Phi) is 4.26. The Morgan fingerprint density at radius 1 is 1.12 bits per heavy atom. The highest BCUT2D eigenvalue weighted by atomic mass is 16.5. The quantitative estimate of drug-likeness (QED) is 0.709. The average Bonchev–Trinajstić information content (AvgIpc) is 2.66. The maximum atomic E-state index is 12.2. The molecule has 5 heteroatoms. The molecule has 0 spiro atoms. The Balaban J connectivity index is 1.85. The molecule has 1 aliphatic heterocycles. The first-order valence-corrected chi connectivity index (χ1v) is 8.48. The second-order valence-electron chi connectivity index (χ2n) is 6.31. The zero-order valence-corrected chi connectivity index (χ0v) is 13.8. The minimum atomic E-state index is -0.359. The summed E-state index contributed by atoms with van der Waals surface area (Å²) in [5.74, 6) is 0.772. The molecule has 0 saturated heterocycles. The Labute approximate surface area is 145 Å². The highest BCUT2D eigenvalue weighted by Crippen LogP contribution is 2.33. The molecule has 0 fully saturated rings. The van der Waals surface area contributed by atoms with Crippen LogP contribution in [-0.4, -0.2) is 25.0 Å². The van der Waals surface area contributed by atoms with Gasteiger partial charge in [-0.15, -0.1) is 0 Å². The average molecular weight is 338 g/mol. The number of hydrogen-bond acceptors (Lipinski definition) is 4. The third-order valence-electron chi connectivity index (χ3n) is 4.60. The number of ether oxygens (including phenoxy) is 1. The summed E-state index contributed by atoms with van der Waals surface area (Å²) >= 11 is 0. The maximum absolute atomic E-state index is 12.2. The lowest BCUT2D eigenvalue weighted by Crippen LogP contribution is -3.12. The van der Waals surface area contributed by atoms with Gasteiger partial charge in [0.25, 0.3) is 0 Å². The summed E-state index contributed by atoms with van der Waals surface area (Å²) in [5.41, 5.74) is 3.03. The Morgan fingerprint density at radius 2 is 1.96 bits per heavy atom. The van der Waals surface area contributed by atoms with Crippen molar-refractivity contribution in [2.24, 2.45) is 0 Å². The van der Waals surface area contributed by atoms with Gasteiger partial charge in [-0.25, -0.2) is 4.79 Å². The largest absolute Gasteiger partial charge is 0.445 e. The predicted molar refractivity (Wildman–Crippen MR) is 94.7 cm³/mol. The van der Waals surface area contributed by atoms with E-state index in [1.54, 1.807) is 6.07 Å². The molecule has 128 valence electrons. The third kappa shape index (κ3) is 3.04. The van der Waals surface area contributed by atoms with Crippen molar-refractivity contribution in [3.05, 3.63) is 64.5 Å². The zero-order chi connectivity index (χ0) is 17.2. The fourth-order valence-electron chi connectivity index (χ4n) is 3.39. The van der Waals surface area contributed by atoms with E-state index in [-0.39, 0.29) is 12.2 Å². The maximum Gasteiger partial charge on any atom is 0.336 e. The van der Waals surface area contributed by atoms with Crippen molar-refractivity contribution in [1.82, 2.24) is 0 Å². The van der Waals surface area contributed by atoms with Gasteiger partial charge in [0.2, 0.25) is 6.73 Å². The van der Waals surface area contributed by atoms with Crippen molar-refractivity contribution in [3.63, 3.8) is 0 Å². The van der Waals surface area contributed by atoms with E-state index in [2.05, 4.69) is 0 Å². The molecule has 2 N–H and O–H groups in total. The Hall–Kier alpha value is -2.63. The fraction of sp³-hybridized carbons (Fsp3) is 0.250. The normalized spacial score (nSPS) is 16.4. The summed E-state index contributed by atoms with van der Waals surface area (Å²) in [6.07, 6.45) is 0.720. The van der Waals surface area contributed by atoms with E-state index in [1.807, 2.05) is 42.5 Å². The molecule has 25 heavy (non-hydrogen) atoms. The van der Waals surface area contributed by atoms with Crippen LogP contribution in [0.3, 0.4) is 0 Å². The van der Waals surface area contributed by atoms with E-state index >= 15 is 0 Å². The summed E-state index contributed by atoms with van der Waals surface area (Å²) in [6, 6.07) is 15.3. The van der Waals surface area contributed by atoms with E-state index in [0.717, 1.165) is 40.8 Å². The lowest BCUT2D eigenvalue weighted by atomic mass is 9.99. The van der Waals surface area contributed by atoms with Crippen molar-refractivity contribution < 1.29 is 19.2 Å². The SMILES string of the molecule is O=c1cc(-c2ccccc2)c2ccc3c(c2o1)C[NH+](CCCO)CO3. The summed E-state index contributed by atoms with van der Waals surface area (Å²) in [7, 11) is 0. The molecular formula is C20H20NO4+. The molecule has 1 unspecified atom stereocenters. The van der Waals surface area contributed by atoms with Gasteiger partial charge in [-0.1, -0.05) is 30.3 Å². The summed E-state index contributed by atoms with van der Waals surface area (Å²) < 4.78 is 11.4. The van der Waals surface area contributed by atoms with Crippen molar-refractivity contribution in [2.45, 2.75) is 13.0 Å².